The molecule has 0 bridgehead atoms. The van der Waals surface area contributed by atoms with Gasteiger partial charge in [0.25, 0.3) is 15.6 Å². The Labute approximate surface area is 174 Å². The predicted molar refractivity (Wildman–Crippen MR) is 112 cm³/mol. The Hall–Kier alpha value is -2.82. The Balaban J connectivity index is 0.000000431. The number of anilines is 1. The summed E-state index contributed by atoms with van der Waals surface area (Å²) < 4.78 is 27.9. The Bertz CT molecular complexity index is 1350. The average molecular weight is 453 g/mol. The number of carboxylic acid groups (broad SMARTS) is 1. The third-order valence-electron chi connectivity index (χ3n) is 3.89. The molecule has 3 heterocycles. The second-order valence-electron chi connectivity index (χ2n) is 5.87. The van der Waals surface area contributed by atoms with E-state index in [1.54, 1.807) is 30.5 Å². The molecule has 0 saturated carbocycles. The van der Waals surface area contributed by atoms with E-state index < -0.39 is 16.0 Å². The molecule has 4 rings (SSSR count). The maximum atomic E-state index is 12.4. The number of nitrogens with one attached hydrogen (secondary N) is 3. The highest BCUT2D eigenvalue weighted by Gasteiger charge is 2.17. The highest BCUT2D eigenvalue weighted by Crippen LogP contribution is 2.29. The van der Waals surface area contributed by atoms with E-state index >= 15 is 0 Å². The van der Waals surface area contributed by atoms with E-state index in [4.69, 9.17) is 11.6 Å². The van der Waals surface area contributed by atoms with E-state index in [-0.39, 0.29) is 16.2 Å². The van der Waals surface area contributed by atoms with Crippen LogP contribution in [0.15, 0.2) is 51.6 Å². The number of carbonyl (C=O) groups excluding carboxylic acids is 1. The monoisotopic (exact) mass is 452 g/mol. The summed E-state index contributed by atoms with van der Waals surface area (Å²) in [5, 5.41) is 10.7. The maximum absolute atomic E-state index is 12.4. The van der Waals surface area contributed by atoms with Gasteiger partial charge < -0.3 is 19.9 Å². The number of benzene rings is 1. The minimum atomic E-state index is -3.70. The quantitative estimate of drug-likeness (QED) is 0.437. The van der Waals surface area contributed by atoms with Crippen LogP contribution in [0.4, 0.5) is 5.69 Å². The summed E-state index contributed by atoms with van der Waals surface area (Å²) in [6.07, 6.45) is 1.78. The number of H-pyrrole nitrogens is 2. The molecule has 0 amide bonds. The Morgan fingerprint density at radius 3 is 2.55 bits per heavy atom. The SMILES string of the molecule is CCC(=O)[O-].O=c1[nH]c2ccc(NS(=O)(=O)c3ccc(Cl)s3)cc2c2cc[nH]c12. The lowest BCUT2D eigenvalue weighted by atomic mass is 10.1. The number of sulfonamides is 1. The number of aromatic amines is 2. The van der Waals surface area contributed by atoms with E-state index in [0.717, 1.165) is 22.1 Å². The zero-order valence-electron chi connectivity index (χ0n) is 15.0. The van der Waals surface area contributed by atoms with Gasteiger partial charge in [-0.1, -0.05) is 18.5 Å². The van der Waals surface area contributed by atoms with Crippen LogP contribution in [0.1, 0.15) is 13.3 Å². The van der Waals surface area contributed by atoms with Crippen molar-refractivity contribution in [1.29, 1.82) is 0 Å². The number of carbonyl (C=O) groups is 1. The standard InChI is InChI=1S/C15H10ClN3O3S2.C3H6O2/c16-12-3-4-13(23-12)24(21,22)19-8-1-2-11-10(7-8)9-5-6-17-14(9)15(20)18-11;1-2-3(4)5/h1-7,17,19H,(H,18,20);2H2,1H3,(H,4,5)/p-1. The van der Waals surface area contributed by atoms with Crippen molar-refractivity contribution in [3.63, 3.8) is 0 Å². The van der Waals surface area contributed by atoms with Gasteiger partial charge in [-0.3, -0.25) is 9.52 Å². The Morgan fingerprint density at radius 1 is 1.21 bits per heavy atom. The van der Waals surface area contributed by atoms with Crippen LogP contribution in [0.3, 0.4) is 0 Å². The zero-order chi connectivity index (χ0) is 21.2. The summed E-state index contributed by atoms with van der Waals surface area (Å²) in [6.45, 7) is 1.54. The number of fused-ring (bicyclic) bond motifs is 3. The fourth-order valence-corrected chi connectivity index (χ4v) is 5.09. The molecule has 3 N–H and O–H groups in total. The molecule has 0 aliphatic rings. The molecule has 0 spiro atoms. The number of halogens is 1. The van der Waals surface area contributed by atoms with Crippen LogP contribution >= 0.6 is 22.9 Å². The lowest BCUT2D eigenvalue weighted by Crippen LogP contribution is -2.19. The molecular weight excluding hydrogens is 438 g/mol. The molecule has 1 aromatic carbocycles. The number of aromatic nitrogens is 2. The van der Waals surface area contributed by atoms with Crippen LogP contribution in [0.25, 0.3) is 21.8 Å². The minimum absolute atomic E-state index is 0.111. The van der Waals surface area contributed by atoms with E-state index in [1.165, 1.54) is 19.1 Å². The topological polar surface area (TPSA) is 135 Å². The van der Waals surface area contributed by atoms with Crippen LogP contribution in [-0.2, 0) is 14.8 Å². The van der Waals surface area contributed by atoms with Gasteiger partial charge in [0, 0.05) is 34.1 Å². The average Bonchev–Trinajstić information content (AvgIpc) is 3.32. The minimum Gasteiger partial charge on any atom is -0.550 e. The number of hydrogen-bond donors (Lipinski definition) is 3. The summed E-state index contributed by atoms with van der Waals surface area (Å²) in [7, 11) is -3.70. The summed E-state index contributed by atoms with van der Waals surface area (Å²) in [4.78, 5) is 26.8. The van der Waals surface area contributed by atoms with Crippen molar-refractivity contribution in [3.05, 3.63) is 57.3 Å². The van der Waals surface area contributed by atoms with Crippen LogP contribution in [0.2, 0.25) is 4.34 Å². The Kier molecular flexibility index (Phi) is 5.96. The molecule has 0 radical (unpaired) electrons. The van der Waals surface area contributed by atoms with Crippen molar-refractivity contribution >= 4 is 66.4 Å². The molecule has 3 aromatic heterocycles. The van der Waals surface area contributed by atoms with Crippen molar-refractivity contribution in [2.75, 3.05) is 4.72 Å². The molecule has 4 aromatic rings. The van der Waals surface area contributed by atoms with Gasteiger partial charge in [0.2, 0.25) is 0 Å². The lowest BCUT2D eigenvalue weighted by molar-refractivity contribution is -0.305. The van der Waals surface area contributed by atoms with Gasteiger partial charge >= 0.3 is 0 Å². The number of hydrogen-bond acceptors (Lipinski definition) is 6. The van der Waals surface area contributed by atoms with Crippen LogP contribution < -0.4 is 15.4 Å². The normalized spacial score (nSPS) is 11.2. The largest absolute Gasteiger partial charge is 0.550 e. The highest BCUT2D eigenvalue weighted by molar-refractivity contribution is 7.94. The number of rotatable bonds is 4. The first-order valence-electron chi connectivity index (χ1n) is 8.32. The van der Waals surface area contributed by atoms with Crippen LogP contribution in [-0.4, -0.2) is 24.4 Å². The smallest absolute Gasteiger partial charge is 0.272 e. The van der Waals surface area contributed by atoms with Gasteiger partial charge in [-0.05, 0) is 42.8 Å². The zero-order valence-corrected chi connectivity index (χ0v) is 17.4. The van der Waals surface area contributed by atoms with Crippen molar-refractivity contribution in [3.8, 4) is 0 Å². The van der Waals surface area contributed by atoms with E-state index in [2.05, 4.69) is 14.7 Å². The molecule has 11 heteroatoms. The molecule has 0 aliphatic heterocycles. The first-order chi connectivity index (χ1) is 13.7. The number of thiophene rings is 1. The third kappa shape index (κ3) is 4.61. The molecule has 0 unspecified atom stereocenters. The molecule has 0 fully saturated rings. The predicted octanol–water partition coefficient (Wildman–Crippen LogP) is 2.67. The summed E-state index contributed by atoms with van der Waals surface area (Å²) in [5.74, 6) is -0.995. The molecule has 8 nitrogen and oxygen atoms in total. The molecule has 29 heavy (non-hydrogen) atoms. The first-order valence-corrected chi connectivity index (χ1v) is 11.0. The summed E-state index contributed by atoms with van der Waals surface area (Å²) in [6, 6.07) is 9.73. The first kappa shape index (κ1) is 20.9. The van der Waals surface area contributed by atoms with Crippen molar-refractivity contribution in [2.24, 2.45) is 0 Å². The van der Waals surface area contributed by atoms with Crippen molar-refractivity contribution in [1.82, 2.24) is 9.97 Å². The number of carboxylic acids is 1. The van der Waals surface area contributed by atoms with Crippen LogP contribution in [0.5, 0.6) is 0 Å². The van der Waals surface area contributed by atoms with E-state index in [0.29, 0.717) is 21.1 Å². The Morgan fingerprint density at radius 2 is 1.93 bits per heavy atom. The van der Waals surface area contributed by atoms with Gasteiger partial charge in [-0.2, -0.15) is 0 Å². The number of aliphatic carboxylic acids is 1. The van der Waals surface area contributed by atoms with Gasteiger partial charge in [0.15, 0.2) is 0 Å². The molecule has 0 aliphatic carbocycles. The van der Waals surface area contributed by atoms with E-state index in [9.17, 15) is 23.1 Å². The summed E-state index contributed by atoms with van der Waals surface area (Å²) in [5.41, 5.74) is 1.27. The van der Waals surface area contributed by atoms with Gasteiger partial charge in [-0.25, -0.2) is 8.42 Å². The van der Waals surface area contributed by atoms with Crippen molar-refractivity contribution < 1.29 is 18.3 Å². The molecule has 152 valence electrons. The summed E-state index contributed by atoms with van der Waals surface area (Å²) >= 11 is 6.79. The highest BCUT2D eigenvalue weighted by atomic mass is 35.5. The molecule has 0 saturated heterocycles. The van der Waals surface area contributed by atoms with Gasteiger partial charge in [0.05, 0.1) is 4.34 Å². The third-order valence-corrected chi connectivity index (χ3v) is 6.99. The molecular formula is C18H15ClN3O5S2-. The number of pyridine rings is 1. The second kappa shape index (κ2) is 8.27. The van der Waals surface area contributed by atoms with Crippen LogP contribution in [0, 0.1) is 0 Å². The fourth-order valence-electron chi connectivity index (χ4n) is 2.55. The fraction of sp³-hybridized carbons (Fsp3) is 0.111. The second-order valence-corrected chi connectivity index (χ2v) is 9.49. The van der Waals surface area contributed by atoms with Gasteiger partial charge in [-0.15, -0.1) is 11.3 Å². The van der Waals surface area contributed by atoms with Crippen molar-refractivity contribution in [2.45, 2.75) is 17.6 Å². The maximum Gasteiger partial charge on any atom is 0.272 e. The molecule has 0 atom stereocenters. The lowest BCUT2D eigenvalue weighted by Gasteiger charge is -2.08. The van der Waals surface area contributed by atoms with E-state index in [1.807, 2.05) is 0 Å². The van der Waals surface area contributed by atoms with Gasteiger partial charge in [0.1, 0.15) is 9.73 Å².